The van der Waals surface area contributed by atoms with E-state index >= 15 is 0 Å². The summed E-state index contributed by atoms with van der Waals surface area (Å²) in [6.07, 6.45) is -0.198. The summed E-state index contributed by atoms with van der Waals surface area (Å²) in [7, 11) is -3.18. The van der Waals surface area contributed by atoms with Gasteiger partial charge in [-0.15, -0.1) is 0 Å². The quantitative estimate of drug-likeness (QED) is 0.765. The van der Waals surface area contributed by atoms with Crippen LogP contribution in [-0.2, 0) is 14.6 Å². The van der Waals surface area contributed by atoms with Gasteiger partial charge in [0.05, 0.1) is 5.25 Å². The normalized spacial score (nSPS) is 25.9. The topological polar surface area (TPSA) is 83.9 Å². The number of amides is 1. The predicted molar refractivity (Wildman–Crippen MR) is 66.8 cm³/mol. The monoisotopic (exact) mass is 279 g/mol. The maximum Gasteiger partial charge on any atom is 0.412 e. The number of piperidine rings is 1. The Kier molecular flexibility index (Phi) is 4.27. The second-order valence-electron chi connectivity index (χ2n) is 5.63. The Bertz CT molecular complexity index is 412. The molecule has 18 heavy (non-hydrogen) atoms. The highest BCUT2D eigenvalue weighted by molar-refractivity contribution is 7.91. The molecule has 7 heteroatoms. The number of aliphatic hydroxyl groups is 1. The molecule has 1 N–H and O–H groups in total. The van der Waals surface area contributed by atoms with Gasteiger partial charge in [0.15, 0.2) is 9.84 Å². The smallest absolute Gasteiger partial charge is 0.412 e. The molecule has 2 unspecified atom stereocenters. The number of nitrogens with zero attached hydrogens (tertiary/aromatic N) is 1. The Labute approximate surface area is 108 Å². The molecule has 106 valence electrons. The first-order valence-electron chi connectivity index (χ1n) is 5.87. The summed E-state index contributed by atoms with van der Waals surface area (Å²) in [5.41, 5.74) is -0.634. The van der Waals surface area contributed by atoms with Gasteiger partial charge in [0.1, 0.15) is 11.8 Å². The molecule has 0 radical (unpaired) electrons. The van der Waals surface area contributed by atoms with E-state index in [0.29, 0.717) is 6.42 Å². The minimum atomic E-state index is -3.18. The molecule has 2 atom stereocenters. The SMILES string of the molecule is CC(C)(C)OC(=O)N1CCC(S(C)(=O)=O)CC1O. The molecule has 0 aromatic heterocycles. The van der Waals surface area contributed by atoms with E-state index < -0.39 is 33.0 Å². The van der Waals surface area contributed by atoms with Crippen molar-refractivity contribution in [3.05, 3.63) is 0 Å². The van der Waals surface area contributed by atoms with Crippen LogP contribution in [0.5, 0.6) is 0 Å². The second-order valence-corrected chi connectivity index (χ2v) is 7.96. The zero-order valence-electron chi connectivity index (χ0n) is 11.2. The molecule has 1 heterocycles. The summed E-state index contributed by atoms with van der Waals surface area (Å²) in [5, 5.41) is 9.24. The molecule has 1 saturated heterocycles. The third kappa shape index (κ3) is 4.13. The van der Waals surface area contributed by atoms with E-state index in [9.17, 15) is 18.3 Å². The third-order valence-electron chi connectivity index (χ3n) is 2.76. The van der Waals surface area contributed by atoms with Gasteiger partial charge in [-0.2, -0.15) is 0 Å². The summed E-state index contributed by atoms with van der Waals surface area (Å²) in [4.78, 5) is 12.9. The number of sulfone groups is 1. The minimum Gasteiger partial charge on any atom is -0.444 e. The zero-order valence-corrected chi connectivity index (χ0v) is 12.0. The van der Waals surface area contributed by atoms with Crippen molar-refractivity contribution in [2.24, 2.45) is 0 Å². The van der Waals surface area contributed by atoms with E-state index in [1.807, 2.05) is 0 Å². The standard InChI is InChI=1S/C11H21NO5S/c1-11(2,3)17-10(14)12-6-5-8(7-9(12)13)18(4,15)16/h8-9,13H,5-7H2,1-4H3. The molecule has 0 saturated carbocycles. The van der Waals surface area contributed by atoms with Crippen LogP contribution in [-0.4, -0.2) is 54.4 Å². The van der Waals surface area contributed by atoms with E-state index in [1.54, 1.807) is 20.8 Å². The van der Waals surface area contributed by atoms with Gasteiger partial charge >= 0.3 is 6.09 Å². The number of hydrogen-bond donors (Lipinski definition) is 1. The van der Waals surface area contributed by atoms with E-state index in [1.165, 1.54) is 4.90 Å². The van der Waals surface area contributed by atoms with Crippen LogP contribution in [0.15, 0.2) is 0 Å². The van der Waals surface area contributed by atoms with E-state index in [2.05, 4.69) is 0 Å². The van der Waals surface area contributed by atoms with Crippen molar-refractivity contribution in [3.8, 4) is 0 Å². The number of carbonyl (C=O) groups excluding carboxylic acids is 1. The molecular weight excluding hydrogens is 258 g/mol. The van der Waals surface area contributed by atoms with Crippen molar-refractivity contribution in [1.29, 1.82) is 0 Å². The first kappa shape index (κ1) is 15.2. The number of ether oxygens (including phenoxy) is 1. The number of hydrogen-bond acceptors (Lipinski definition) is 5. The molecule has 1 rings (SSSR count). The fourth-order valence-electron chi connectivity index (χ4n) is 1.83. The van der Waals surface area contributed by atoms with Gasteiger partial charge in [-0.3, -0.25) is 4.90 Å². The van der Waals surface area contributed by atoms with Gasteiger partial charge in [-0.25, -0.2) is 13.2 Å². The van der Waals surface area contributed by atoms with Crippen LogP contribution >= 0.6 is 0 Å². The van der Waals surface area contributed by atoms with E-state index in [0.717, 1.165) is 6.26 Å². The van der Waals surface area contributed by atoms with E-state index in [4.69, 9.17) is 4.74 Å². The third-order valence-corrected chi connectivity index (χ3v) is 4.40. The lowest BCUT2D eigenvalue weighted by atomic mass is 10.1. The van der Waals surface area contributed by atoms with Crippen LogP contribution in [0.4, 0.5) is 4.79 Å². The largest absolute Gasteiger partial charge is 0.444 e. The van der Waals surface area contributed by atoms with Crippen LogP contribution in [0.1, 0.15) is 33.6 Å². The molecule has 0 aliphatic carbocycles. The summed E-state index contributed by atoms with van der Waals surface area (Å²) in [5.74, 6) is 0. The van der Waals surface area contributed by atoms with Gasteiger partial charge in [0.2, 0.25) is 0 Å². The summed E-state index contributed by atoms with van der Waals surface area (Å²) >= 11 is 0. The van der Waals surface area contributed by atoms with Crippen LogP contribution in [0.25, 0.3) is 0 Å². The number of likely N-dealkylation sites (tertiary alicyclic amines) is 1. The fourth-order valence-corrected chi connectivity index (χ4v) is 2.89. The molecule has 1 amide bonds. The fraction of sp³-hybridized carbons (Fsp3) is 0.909. The highest BCUT2D eigenvalue weighted by Gasteiger charge is 2.36. The number of rotatable bonds is 1. The zero-order chi connectivity index (χ0) is 14.1. The van der Waals surface area contributed by atoms with Crippen LogP contribution in [0.2, 0.25) is 0 Å². The maximum atomic E-state index is 11.8. The number of aliphatic hydroxyl groups excluding tert-OH is 1. The lowest BCUT2D eigenvalue weighted by Crippen LogP contribution is -2.50. The molecule has 1 fully saturated rings. The first-order valence-corrected chi connectivity index (χ1v) is 7.83. The number of carbonyl (C=O) groups is 1. The van der Waals surface area contributed by atoms with Crippen molar-refractivity contribution in [2.75, 3.05) is 12.8 Å². The Morgan fingerprint density at radius 1 is 1.39 bits per heavy atom. The van der Waals surface area contributed by atoms with Crippen LogP contribution in [0, 0.1) is 0 Å². The van der Waals surface area contributed by atoms with Gasteiger partial charge in [0, 0.05) is 19.2 Å². The van der Waals surface area contributed by atoms with Crippen LogP contribution < -0.4 is 0 Å². The molecule has 0 aromatic rings. The van der Waals surface area contributed by atoms with Crippen molar-refractivity contribution in [1.82, 2.24) is 4.90 Å². The highest BCUT2D eigenvalue weighted by Crippen LogP contribution is 2.23. The first-order chi connectivity index (χ1) is 8.00. The molecule has 1 aliphatic rings. The second kappa shape index (κ2) is 5.05. The van der Waals surface area contributed by atoms with Crippen molar-refractivity contribution in [2.45, 2.75) is 50.7 Å². The molecule has 0 bridgehead atoms. The lowest BCUT2D eigenvalue weighted by Gasteiger charge is -2.36. The van der Waals surface area contributed by atoms with Crippen molar-refractivity contribution < 1.29 is 23.1 Å². The Morgan fingerprint density at radius 2 is 1.94 bits per heavy atom. The lowest BCUT2D eigenvalue weighted by molar-refractivity contribution is -0.0442. The Hall–Kier alpha value is -0.820. The van der Waals surface area contributed by atoms with Crippen molar-refractivity contribution >= 4 is 15.9 Å². The van der Waals surface area contributed by atoms with E-state index in [-0.39, 0.29) is 13.0 Å². The maximum absolute atomic E-state index is 11.8. The van der Waals surface area contributed by atoms with Gasteiger partial charge in [-0.05, 0) is 27.2 Å². The molecule has 0 aromatic carbocycles. The average molecular weight is 279 g/mol. The molecule has 6 nitrogen and oxygen atoms in total. The Balaban J connectivity index is 2.66. The molecule has 0 spiro atoms. The van der Waals surface area contributed by atoms with Gasteiger partial charge in [-0.1, -0.05) is 0 Å². The van der Waals surface area contributed by atoms with Gasteiger partial charge in [0.25, 0.3) is 0 Å². The predicted octanol–water partition coefficient (Wildman–Crippen LogP) is 0.749. The van der Waals surface area contributed by atoms with Crippen LogP contribution in [0.3, 0.4) is 0 Å². The average Bonchev–Trinajstić information content (AvgIpc) is 2.12. The minimum absolute atomic E-state index is 0.0398. The molecule has 1 aliphatic heterocycles. The van der Waals surface area contributed by atoms with Gasteiger partial charge < -0.3 is 9.84 Å². The molecular formula is C11H21NO5S. The summed E-state index contributed by atoms with van der Waals surface area (Å²) in [6, 6.07) is 0. The summed E-state index contributed by atoms with van der Waals surface area (Å²) in [6.45, 7) is 5.40. The highest BCUT2D eigenvalue weighted by atomic mass is 32.2. The Morgan fingerprint density at radius 3 is 2.33 bits per heavy atom. The van der Waals surface area contributed by atoms with Crippen molar-refractivity contribution in [3.63, 3.8) is 0 Å². The summed E-state index contributed by atoms with van der Waals surface area (Å²) < 4.78 is 27.9.